The zero-order valence-electron chi connectivity index (χ0n) is 21.4. The lowest BCUT2D eigenvalue weighted by atomic mass is 10.1. The summed E-state index contributed by atoms with van der Waals surface area (Å²) >= 11 is 0. The SMILES string of the molecule is CN1CCC[C@@H]1COOc1cc(NC(=O)c2cccnc2Nc2cccc(-c3cnco3)c2)cc(C(F)(F)F)c1. The summed E-state index contributed by atoms with van der Waals surface area (Å²) in [4.78, 5) is 33.9. The molecule has 3 heterocycles. The van der Waals surface area contributed by atoms with Crippen LogP contribution in [0, 0.1) is 0 Å². The van der Waals surface area contributed by atoms with Crippen LogP contribution < -0.4 is 15.5 Å². The van der Waals surface area contributed by atoms with Crippen molar-refractivity contribution in [2.75, 3.05) is 30.8 Å². The summed E-state index contributed by atoms with van der Waals surface area (Å²) in [6.45, 7) is 1.13. The zero-order valence-corrected chi connectivity index (χ0v) is 21.4. The Hall–Kier alpha value is -4.42. The number of amides is 1. The summed E-state index contributed by atoms with van der Waals surface area (Å²) in [5.41, 5.74) is 0.381. The maximum Gasteiger partial charge on any atom is 0.416 e. The van der Waals surface area contributed by atoms with Crippen LogP contribution in [0.1, 0.15) is 28.8 Å². The van der Waals surface area contributed by atoms with Crippen molar-refractivity contribution >= 4 is 23.1 Å². The molecule has 0 aliphatic carbocycles. The normalized spacial score (nSPS) is 15.7. The van der Waals surface area contributed by atoms with Gasteiger partial charge in [0.05, 0.1) is 17.3 Å². The lowest BCUT2D eigenvalue weighted by Crippen LogP contribution is -2.29. The highest BCUT2D eigenvalue weighted by Crippen LogP contribution is 2.35. The molecule has 1 fully saturated rings. The van der Waals surface area contributed by atoms with Gasteiger partial charge in [0.25, 0.3) is 5.91 Å². The molecular formula is C28H26F3N5O4. The molecule has 2 aromatic carbocycles. The highest BCUT2D eigenvalue weighted by atomic mass is 19.4. The van der Waals surface area contributed by atoms with Gasteiger partial charge in [-0.25, -0.2) is 9.97 Å². The molecule has 1 atom stereocenters. The van der Waals surface area contributed by atoms with Crippen LogP contribution in [0.25, 0.3) is 11.3 Å². The van der Waals surface area contributed by atoms with E-state index in [-0.39, 0.29) is 35.5 Å². The van der Waals surface area contributed by atoms with Gasteiger partial charge < -0.3 is 24.8 Å². The van der Waals surface area contributed by atoms with Gasteiger partial charge in [0.1, 0.15) is 12.4 Å². The zero-order chi connectivity index (χ0) is 28.1. The average molecular weight is 554 g/mol. The van der Waals surface area contributed by atoms with Crippen molar-refractivity contribution in [3.63, 3.8) is 0 Å². The molecule has 0 saturated carbocycles. The fraction of sp³-hybridized carbons (Fsp3) is 0.250. The molecule has 1 aliphatic heterocycles. The van der Waals surface area contributed by atoms with E-state index >= 15 is 0 Å². The first-order chi connectivity index (χ1) is 19.3. The van der Waals surface area contributed by atoms with Crippen molar-refractivity contribution < 1.29 is 32.2 Å². The number of carbonyl (C=O) groups excluding carboxylic acids is 1. The second-order valence-corrected chi connectivity index (χ2v) is 9.31. The molecule has 12 heteroatoms. The molecule has 2 aromatic heterocycles. The van der Waals surface area contributed by atoms with Crippen molar-refractivity contribution in [2.45, 2.75) is 25.1 Å². The fourth-order valence-corrected chi connectivity index (χ4v) is 4.39. The number of oxazole rings is 1. The Morgan fingerprint density at radius 1 is 1.15 bits per heavy atom. The van der Waals surface area contributed by atoms with Crippen molar-refractivity contribution in [3.8, 4) is 17.1 Å². The molecule has 0 spiro atoms. The Balaban J connectivity index is 1.33. The van der Waals surface area contributed by atoms with Gasteiger partial charge in [-0.1, -0.05) is 12.1 Å². The van der Waals surface area contributed by atoms with Gasteiger partial charge in [-0.3, -0.25) is 4.79 Å². The lowest BCUT2D eigenvalue weighted by molar-refractivity contribution is -0.215. The number of hydrogen-bond acceptors (Lipinski definition) is 8. The quantitative estimate of drug-likeness (QED) is 0.188. The Morgan fingerprint density at radius 2 is 2.02 bits per heavy atom. The van der Waals surface area contributed by atoms with Gasteiger partial charge in [-0.15, -0.1) is 0 Å². The molecule has 1 aliphatic rings. The van der Waals surface area contributed by atoms with Crippen LogP contribution in [-0.4, -0.2) is 47.0 Å². The number of hydrogen-bond donors (Lipinski definition) is 2. The first-order valence-corrected chi connectivity index (χ1v) is 12.5. The third-order valence-electron chi connectivity index (χ3n) is 6.47. The third-order valence-corrected chi connectivity index (χ3v) is 6.47. The Morgan fingerprint density at radius 3 is 2.77 bits per heavy atom. The summed E-state index contributed by atoms with van der Waals surface area (Å²) in [6.07, 6.45) is 1.65. The number of benzene rings is 2. The van der Waals surface area contributed by atoms with Crippen LogP contribution in [0.2, 0.25) is 0 Å². The van der Waals surface area contributed by atoms with E-state index in [4.69, 9.17) is 14.2 Å². The van der Waals surface area contributed by atoms with Crippen LogP contribution in [-0.2, 0) is 11.1 Å². The van der Waals surface area contributed by atoms with E-state index in [1.165, 1.54) is 24.7 Å². The van der Waals surface area contributed by atoms with E-state index in [1.807, 2.05) is 13.1 Å². The molecule has 4 aromatic rings. The predicted molar refractivity (Wildman–Crippen MR) is 141 cm³/mol. The third kappa shape index (κ3) is 6.58. The van der Waals surface area contributed by atoms with Gasteiger partial charge in [0.15, 0.2) is 17.9 Å². The Labute approximate surface area is 227 Å². The number of nitrogens with one attached hydrogen (secondary N) is 2. The molecular weight excluding hydrogens is 527 g/mol. The molecule has 208 valence electrons. The van der Waals surface area contributed by atoms with E-state index in [0.29, 0.717) is 11.4 Å². The fourth-order valence-electron chi connectivity index (χ4n) is 4.39. The van der Waals surface area contributed by atoms with Crippen LogP contribution in [0.15, 0.2) is 77.8 Å². The highest BCUT2D eigenvalue weighted by molar-refractivity contribution is 6.08. The van der Waals surface area contributed by atoms with Crippen molar-refractivity contribution in [2.24, 2.45) is 0 Å². The summed E-state index contributed by atoms with van der Waals surface area (Å²) < 4.78 is 46.2. The highest BCUT2D eigenvalue weighted by Gasteiger charge is 2.32. The predicted octanol–water partition coefficient (Wildman–Crippen LogP) is 6.16. The van der Waals surface area contributed by atoms with E-state index in [2.05, 4.69) is 25.5 Å². The topological polar surface area (TPSA) is 102 Å². The molecule has 1 saturated heterocycles. The number of anilines is 3. The summed E-state index contributed by atoms with van der Waals surface area (Å²) in [5, 5.41) is 5.61. The van der Waals surface area contributed by atoms with E-state index in [1.54, 1.807) is 30.5 Å². The molecule has 9 nitrogen and oxygen atoms in total. The van der Waals surface area contributed by atoms with Crippen LogP contribution in [0.3, 0.4) is 0 Å². The number of nitrogens with zero attached hydrogens (tertiary/aromatic N) is 3. The summed E-state index contributed by atoms with van der Waals surface area (Å²) in [6, 6.07) is 13.3. The van der Waals surface area contributed by atoms with E-state index in [9.17, 15) is 18.0 Å². The maximum atomic E-state index is 13.6. The molecule has 0 bridgehead atoms. The molecule has 2 N–H and O–H groups in total. The number of halogens is 3. The van der Waals surface area contributed by atoms with Gasteiger partial charge in [-0.05, 0) is 62.8 Å². The first-order valence-electron chi connectivity index (χ1n) is 12.5. The maximum absolute atomic E-state index is 13.6. The first kappa shape index (κ1) is 27.2. The number of carbonyl (C=O) groups is 1. The van der Waals surface area contributed by atoms with E-state index in [0.717, 1.165) is 37.1 Å². The van der Waals surface area contributed by atoms with Crippen LogP contribution >= 0.6 is 0 Å². The van der Waals surface area contributed by atoms with Gasteiger partial charge in [0.2, 0.25) is 0 Å². The summed E-state index contributed by atoms with van der Waals surface area (Å²) in [5.74, 6) is -0.0769. The standard InChI is InChI=1S/C28H26F3N5O4/c1-36-10-4-7-22(36)16-39-40-23-13-19(28(29,30)31)12-21(14-23)35-27(37)24-8-3-9-33-26(24)34-20-6-2-5-18(11-20)25-15-32-17-38-25/h2-3,5-6,8-9,11-15,17,22H,4,7,10,16H2,1H3,(H,33,34)(H,35,37)/t22-/m1/s1. The number of rotatable bonds is 9. The molecule has 0 radical (unpaired) electrons. The number of likely N-dealkylation sites (N-methyl/N-ethyl adjacent to an activating group) is 1. The molecule has 1 amide bonds. The van der Waals surface area contributed by atoms with Crippen molar-refractivity contribution in [3.05, 3.63) is 84.5 Å². The second-order valence-electron chi connectivity index (χ2n) is 9.31. The monoisotopic (exact) mass is 553 g/mol. The number of pyridine rings is 1. The number of likely N-dealkylation sites (tertiary alicyclic amines) is 1. The van der Waals surface area contributed by atoms with Crippen molar-refractivity contribution in [1.29, 1.82) is 0 Å². The second kappa shape index (κ2) is 11.8. The lowest BCUT2D eigenvalue weighted by Gasteiger charge is -2.19. The Kier molecular flexibility index (Phi) is 7.99. The van der Waals surface area contributed by atoms with Crippen molar-refractivity contribution in [1.82, 2.24) is 14.9 Å². The molecule has 5 rings (SSSR count). The largest absolute Gasteiger partial charge is 0.444 e. The number of aromatic nitrogens is 2. The smallest absolute Gasteiger partial charge is 0.416 e. The molecule has 40 heavy (non-hydrogen) atoms. The minimum Gasteiger partial charge on any atom is -0.444 e. The Bertz CT molecular complexity index is 1460. The van der Waals surface area contributed by atoms with Gasteiger partial charge in [-0.2, -0.15) is 18.1 Å². The van der Waals surface area contributed by atoms with Gasteiger partial charge in [0, 0.05) is 35.2 Å². The van der Waals surface area contributed by atoms with Crippen LogP contribution in [0.5, 0.6) is 5.75 Å². The molecule has 0 unspecified atom stereocenters. The van der Waals surface area contributed by atoms with Gasteiger partial charge >= 0.3 is 6.18 Å². The minimum atomic E-state index is -4.67. The summed E-state index contributed by atoms with van der Waals surface area (Å²) in [7, 11) is 1.95. The number of alkyl halides is 3. The minimum absolute atomic E-state index is 0.112. The average Bonchev–Trinajstić information content (AvgIpc) is 3.61. The van der Waals surface area contributed by atoms with E-state index < -0.39 is 17.6 Å². The van der Waals surface area contributed by atoms with Crippen LogP contribution in [0.4, 0.5) is 30.4 Å².